The van der Waals surface area contributed by atoms with Crippen molar-refractivity contribution in [2.75, 3.05) is 7.05 Å². The Morgan fingerprint density at radius 2 is 2.00 bits per heavy atom. The first-order valence-corrected chi connectivity index (χ1v) is 4.33. The van der Waals surface area contributed by atoms with Crippen molar-refractivity contribution < 1.29 is 4.79 Å². The molecule has 0 saturated heterocycles. The Morgan fingerprint density at radius 1 is 1.21 bits per heavy atom. The van der Waals surface area contributed by atoms with Crippen molar-refractivity contribution in [2.45, 2.75) is 0 Å². The van der Waals surface area contributed by atoms with Crippen LogP contribution in [0, 0.1) is 0 Å². The second kappa shape index (κ2) is 3.40. The molecule has 0 saturated carbocycles. The average molecular weight is 183 g/mol. The highest BCUT2D eigenvalue weighted by molar-refractivity contribution is 6.52. The topological polar surface area (TPSA) is 48.8 Å². The number of benzene rings is 1. The highest BCUT2D eigenvalue weighted by Crippen LogP contribution is 2.17. The summed E-state index contributed by atoms with van der Waals surface area (Å²) in [7, 11) is 1.69. The molecular weight excluding hydrogens is 174 g/mol. The van der Waals surface area contributed by atoms with Gasteiger partial charge in [-0.05, 0) is 11.6 Å². The first kappa shape index (κ1) is 8.60. The van der Waals surface area contributed by atoms with Gasteiger partial charge in [-0.1, -0.05) is 24.3 Å². The van der Waals surface area contributed by atoms with E-state index < -0.39 is 0 Å². The van der Waals surface area contributed by atoms with Gasteiger partial charge in [-0.3, -0.25) is 4.99 Å². The van der Waals surface area contributed by atoms with E-state index in [-0.39, 0.29) is 0 Å². The SMILES string of the molecule is CN=C1C(=[N+]=[N-])C=Cc2ccccc21. The molecule has 0 radical (unpaired) electrons. The van der Waals surface area contributed by atoms with Crippen LogP contribution in [0.15, 0.2) is 35.3 Å². The highest BCUT2D eigenvalue weighted by atomic mass is 14.9. The summed E-state index contributed by atoms with van der Waals surface area (Å²) in [5.74, 6) is 0. The van der Waals surface area contributed by atoms with Crippen molar-refractivity contribution in [3.8, 4) is 0 Å². The van der Waals surface area contributed by atoms with E-state index in [9.17, 15) is 0 Å². The maximum absolute atomic E-state index is 8.77. The van der Waals surface area contributed by atoms with Gasteiger partial charge in [-0.15, -0.1) is 0 Å². The number of hydrogen-bond donors (Lipinski definition) is 0. The molecule has 0 unspecified atom stereocenters. The molecule has 0 aliphatic heterocycles. The zero-order chi connectivity index (χ0) is 9.97. The van der Waals surface area contributed by atoms with Crippen molar-refractivity contribution in [1.29, 1.82) is 0 Å². The van der Waals surface area contributed by atoms with Crippen molar-refractivity contribution in [1.82, 2.24) is 0 Å². The minimum atomic E-state index is 0.506. The third-order valence-electron chi connectivity index (χ3n) is 2.21. The molecule has 1 aromatic carbocycles. The Morgan fingerprint density at radius 3 is 2.71 bits per heavy atom. The van der Waals surface area contributed by atoms with E-state index in [2.05, 4.69) is 9.78 Å². The Balaban J connectivity index is 2.71. The van der Waals surface area contributed by atoms with Crippen molar-refractivity contribution in [3.63, 3.8) is 0 Å². The van der Waals surface area contributed by atoms with Crippen LogP contribution in [-0.2, 0) is 0 Å². The first-order chi connectivity index (χ1) is 6.86. The van der Waals surface area contributed by atoms with Gasteiger partial charge in [0.25, 0.3) is 0 Å². The predicted molar refractivity (Wildman–Crippen MR) is 56.6 cm³/mol. The van der Waals surface area contributed by atoms with Crippen molar-refractivity contribution in [3.05, 3.63) is 47.0 Å². The normalized spacial score (nSPS) is 16.6. The van der Waals surface area contributed by atoms with Crippen LogP contribution in [0.25, 0.3) is 11.6 Å². The lowest BCUT2D eigenvalue weighted by molar-refractivity contribution is 0.000210. The summed E-state index contributed by atoms with van der Waals surface area (Å²) in [4.78, 5) is 7.31. The zero-order valence-corrected chi connectivity index (χ0v) is 7.81. The lowest BCUT2D eigenvalue weighted by Crippen LogP contribution is -2.18. The Kier molecular flexibility index (Phi) is 2.09. The lowest BCUT2D eigenvalue weighted by atomic mass is 9.94. The maximum atomic E-state index is 8.77. The van der Waals surface area contributed by atoms with Crippen LogP contribution in [0.4, 0.5) is 0 Å². The average Bonchev–Trinajstić information content (AvgIpc) is 2.27. The van der Waals surface area contributed by atoms with E-state index in [4.69, 9.17) is 5.53 Å². The summed E-state index contributed by atoms with van der Waals surface area (Å²) in [5, 5.41) is 0. The molecule has 0 heterocycles. The molecule has 14 heavy (non-hydrogen) atoms. The van der Waals surface area contributed by atoms with Crippen molar-refractivity contribution >= 4 is 17.5 Å². The molecule has 0 bridgehead atoms. The van der Waals surface area contributed by atoms with Gasteiger partial charge in [0, 0.05) is 18.7 Å². The molecule has 2 rings (SSSR count). The maximum Gasteiger partial charge on any atom is 0.340 e. The van der Waals surface area contributed by atoms with Gasteiger partial charge in [-0.25, -0.2) is 0 Å². The second-order valence-electron chi connectivity index (χ2n) is 2.98. The fourth-order valence-electron chi connectivity index (χ4n) is 1.56. The van der Waals surface area contributed by atoms with Gasteiger partial charge < -0.3 is 5.53 Å². The van der Waals surface area contributed by atoms with E-state index in [1.165, 1.54) is 0 Å². The number of allylic oxidation sites excluding steroid dienone is 1. The standard InChI is InChI=1S/C11H9N3/c1-13-11-9-5-3-2-4-8(9)6-7-10(11)14-12/h2-7H,1H3. The summed E-state index contributed by atoms with van der Waals surface area (Å²) >= 11 is 0. The number of aliphatic imine (C=N–C) groups is 1. The minimum Gasteiger partial charge on any atom is -0.361 e. The van der Waals surface area contributed by atoms with Crippen LogP contribution < -0.4 is 0 Å². The summed E-state index contributed by atoms with van der Waals surface area (Å²) in [6.45, 7) is 0. The molecule has 0 N–H and O–H groups in total. The summed E-state index contributed by atoms with van der Waals surface area (Å²) in [5.41, 5.74) is 12.1. The van der Waals surface area contributed by atoms with Crippen LogP contribution in [0.5, 0.6) is 0 Å². The van der Waals surface area contributed by atoms with E-state index in [0.717, 1.165) is 16.8 Å². The van der Waals surface area contributed by atoms with Crippen LogP contribution in [0.3, 0.4) is 0 Å². The number of hydrogen-bond acceptors (Lipinski definition) is 1. The molecule has 0 fully saturated rings. The summed E-state index contributed by atoms with van der Waals surface area (Å²) < 4.78 is 0. The molecule has 1 aliphatic carbocycles. The Bertz CT molecular complexity index is 477. The van der Waals surface area contributed by atoms with Crippen LogP contribution in [-0.4, -0.2) is 23.3 Å². The third kappa shape index (κ3) is 1.20. The van der Waals surface area contributed by atoms with E-state index in [1.807, 2.05) is 30.3 Å². The molecular formula is C11H9N3. The zero-order valence-electron chi connectivity index (χ0n) is 7.81. The molecule has 3 heteroatoms. The van der Waals surface area contributed by atoms with Crippen LogP contribution in [0.1, 0.15) is 11.1 Å². The number of fused-ring (bicyclic) bond motifs is 1. The number of rotatable bonds is 0. The molecule has 0 amide bonds. The fourth-order valence-corrected chi connectivity index (χ4v) is 1.56. The quantitative estimate of drug-likeness (QED) is 0.435. The summed E-state index contributed by atoms with van der Waals surface area (Å²) in [6, 6.07) is 7.88. The monoisotopic (exact) mass is 183 g/mol. The molecule has 1 aliphatic rings. The number of nitrogens with zero attached hydrogens (tertiary/aromatic N) is 3. The first-order valence-electron chi connectivity index (χ1n) is 4.33. The fraction of sp³-hybridized carbons (Fsp3) is 0.0909. The van der Waals surface area contributed by atoms with Gasteiger partial charge >= 0.3 is 5.71 Å². The van der Waals surface area contributed by atoms with Crippen LogP contribution in [0.2, 0.25) is 0 Å². The molecule has 3 nitrogen and oxygen atoms in total. The van der Waals surface area contributed by atoms with Crippen molar-refractivity contribution in [2.24, 2.45) is 4.99 Å². The van der Waals surface area contributed by atoms with Crippen LogP contribution >= 0.6 is 0 Å². The molecule has 68 valence electrons. The molecule has 0 spiro atoms. The lowest BCUT2D eigenvalue weighted by Gasteiger charge is -2.08. The van der Waals surface area contributed by atoms with Gasteiger partial charge in [-0.2, -0.15) is 4.79 Å². The predicted octanol–water partition coefficient (Wildman–Crippen LogP) is 1.80. The molecule has 1 aromatic rings. The van der Waals surface area contributed by atoms with Gasteiger partial charge in [0.2, 0.25) is 0 Å². The Labute approximate surface area is 82.0 Å². The molecule has 0 atom stereocenters. The van der Waals surface area contributed by atoms with Gasteiger partial charge in [0.15, 0.2) is 5.71 Å². The van der Waals surface area contributed by atoms with Gasteiger partial charge in [0.05, 0.1) is 0 Å². The second-order valence-corrected chi connectivity index (χ2v) is 2.98. The minimum absolute atomic E-state index is 0.506. The van der Waals surface area contributed by atoms with E-state index in [1.54, 1.807) is 13.1 Å². The summed E-state index contributed by atoms with van der Waals surface area (Å²) in [6.07, 6.45) is 3.67. The van der Waals surface area contributed by atoms with Gasteiger partial charge in [0.1, 0.15) is 0 Å². The largest absolute Gasteiger partial charge is 0.361 e. The Hall–Kier alpha value is -1.99. The highest BCUT2D eigenvalue weighted by Gasteiger charge is 2.21. The third-order valence-corrected chi connectivity index (χ3v) is 2.21. The molecule has 0 aromatic heterocycles. The smallest absolute Gasteiger partial charge is 0.340 e. The van der Waals surface area contributed by atoms with E-state index >= 15 is 0 Å². The van der Waals surface area contributed by atoms with E-state index in [0.29, 0.717) is 5.71 Å².